The van der Waals surface area contributed by atoms with Crippen molar-refractivity contribution in [2.24, 2.45) is 0 Å². The van der Waals surface area contributed by atoms with Crippen LogP contribution in [0.4, 0.5) is 0 Å². The van der Waals surface area contributed by atoms with Gasteiger partial charge in [-0.25, -0.2) is 0 Å². The summed E-state index contributed by atoms with van der Waals surface area (Å²) in [6, 6.07) is 9.83. The molecular formula is C16H16N4O3. The number of aryl methyl sites for hydroxylation is 1. The van der Waals surface area contributed by atoms with E-state index in [0.29, 0.717) is 30.6 Å². The normalized spacial score (nSPS) is 17.0. The smallest absolute Gasteiger partial charge is 0.278 e. The molecule has 23 heavy (non-hydrogen) atoms. The highest BCUT2D eigenvalue weighted by atomic mass is 16.5. The summed E-state index contributed by atoms with van der Waals surface area (Å²) in [5, 5.41) is 8.36. The monoisotopic (exact) mass is 312 g/mol. The zero-order valence-electron chi connectivity index (χ0n) is 12.9. The molecule has 3 aromatic rings. The van der Waals surface area contributed by atoms with Crippen molar-refractivity contribution in [3.05, 3.63) is 47.4 Å². The minimum atomic E-state index is -0.0365. The van der Waals surface area contributed by atoms with Gasteiger partial charge in [0, 0.05) is 0 Å². The maximum atomic E-state index is 5.95. The molecule has 1 atom stereocenters. The fourth-order valence-electron chi connectivity index (χ4n) is 2.65. The minimum Gasteiger partial charge on any atom is -0.497 e. The van der Waals surface area contributed by atoms with E-state index in [2.05, 4.69) is 15.2 Å². The molecule has 0 saturated heterocycles. The van der Waals surface area contributed by atoms with E-state index in [1.54, 1.807) is 14.0 Å². The van der Waals surface area contributed by atoms with E-state index in [1.807, 2.05) is 35.0 Å². The van der Waals surface area contributed by atoms with Gasteiger partial charge in [0.15, 0.2) is 11.5 Å². The number of hydrogen-bond donors (Lipinski definition) is 0. The molecule has 0 radical (unpaired) electrons. The lowest BCUT2D eigenvalue weighted by Crippen LogP contribution is -2.21. The van der Waals surface area contributed by atoms with E-state index in [4.69, 9.17) is 14.0 Å². The van der Waals surface area contributed by atoms with Gasteiger partial charge in [-0.3, -0.25) is 4.68 Å². The second-order valence-electron chi connectivity index (χ2n) is 5.42. The van der Waals surface area contributed by atoms with Gasteiger partial charge in [-0.15, -0.1) is 0 Å². The summed E-state index contributed by atoms with van der Waals surface area (Å²) in [5.74, 6) is 1.86. The summed E-state index contributed by atoms with van der Waals surface area (Å²) in [5.41, 5.74) is 2.78. The molecule has 118 valence electrons. The summed E-state index contributed by atoms with van der Waals surface area (Å²) in [4.78, 5) is 4.21. The fraction of sp³-hybridized carbons (Fsp3) is 0.312. The van der Waals surface area contributed by atoms with Gasteiger partial charge in [-0.2, -0.15) is 10.1 Å². The Bertz CT molecular complexity index is 822. The van der Waals surface area contributed by atoms with Crippen molar-refractivity contribution in [1.82, 2.24) is 19.9 Å². The molecular weight excluding hydrogens is 296 g/mol. The van der Waals surface area contributed by atoms with E-state index >= 15 is 0 Å². The Kier molecular flexibility index (Phi) is 3.34. The molecule has 1 aliphatic rings. The number of benzene rings is 1. The number of rotatable bonds is 3. The van der Waals surface area contributed by atoms with Gasteiger partial charge in [-0.05, 0) is 30.7 Å². The zero-order valence-corrected chi connectivity index (χ0v) is 12.9. The number of nitrogens with zero attached hydrogens (tertiary/aromatic N) is 4. The van der Waals surface area contributed by atoms with E-state index in [9.17, 15) is 0 Å². The summed E-state index contributed by atoms with van der Waals surface area (Å²) in [7, 11) is 1.66. The molecule has 7 heteroatoms. The van der Waals surface area contributed by atoms with Crippen molar-refractivity contribution >= 4 is 0 Å². The first-order chi connectivity index (χ1) is 11.2. The van der Waals surface area contributed by atoms with E-state index in [1.165, 1.54) is 0 Å². The van der Waals surface area contributed by atoms with Crippen LogP contribution in [0.25, 0.3) is 11.6 Å². The van der Waals surface area contributed by atoms with Gasteiger partial charge in [0.25, 0.3) is 5.89 Å². The minimum absolute atomic E-state index is 0.0365. The molecule has 0 bridgehead atoms. The zero-order chi connectivity index (χ0) is 15.8. The number of hydrogen-bond acceptors (Lipinski definition) is 6. The van der Waals surface area contributed by atoms with E-state index in [0.717, 1.165) is 17.0 Å². The van der Waals surface area contributed by atoms with Crippen molar-refractivity contribution in [3.8, 4) is 17.3 Å². The van der Waals surface area contributed by atoms with Crippen LogP contribution in [0.15, 0.2) is 34.9 Å². The highest BCUT2D eigenvalue weighted by Crippen LogP contribution is 2.29. The summed E-state index contributed by atoms with van der Waals surface area (Å²) in [6.45, 7) is 2.93. The molecule has 4 rings (SSSR count). The van der Waals surface area contributed by atoms with Crippen LogP contribution < -0.4 is 4.74 Å². The molecule has 3 heterocycles. The lowest BCUT2D eigenvalue weighted by atomic mass is 10.1. The lowest BCUT2D eigenvalue weighted by molar-refractivity contribution is -0.00115. The van der Waals surface area contributed by atoms with Crippen molar-refractivity contribution in [3.63, 3.8) is 0 Å². The van der Waals surface area contributed by atoms with Gasteiger partial charge in [0.1, 0.15) is 11.9 Å². The first-order valence-electron chi connectivity index (χ1n) is 7.36. The Morgan fingerprint density at radius 1 is 1.26 bits per heavy atom. The molecule has 0 spiro atoms. The summed E-state index contributed by atoms with van der Waals surface area (Å²) >= 11 is 0. The molecule has 0 amide bonds. The molecule has 0 aliphatic carbocycles. The van der Waals surface area contributed by atoms with Crippen LogP contribution in [-0.2, 0) is 17.9 Å². The summed E-state index contributed by atoms with van der Waals surface area (Å²) < 4.78 is 18.2. The summed E-state index contributed by atoms with van der Waals surface area (Å²) in [6.07, 6.45) is -0.0365. The average Bonchev–Trinajstić information content (AvgIpc) is 3.20. The second-order valence-corrected chi connectivity index (χ2v) is 5.42. The Hall–Kier alpha value is -2.67. The predicted octanol–water partition coefficient (Wildman–Crippen LogP) is 2.52. The molecule has 0 unspecified atom stereocenters. The van der Waals surface area contributed by atoms with Gasteiger partial charge < -0.3 is 14.0 Å². The molecule has 0 fully saturated rings. The molecule has 7 nitrogen and oxygen atoms in total. The van der Waals surface area contributed by atoms with Crippen LogP contribution in [0.2, 0.25) is 0 Å². The first-order valence-corrected chi connectivity index (χ1v) is 7.36. The van der Waals surface area contributed by atoms with Crippen molar-refractivity contribution in [1.29, 1.82) is 0 Å². The molecule has 1 aliphatic heterocycles. The Balaban J connectivity index is 1.58. The van der Waals surface area contributed by atoms with Gasteiger partial charge in [0.2, 0.25) is 0 Å². The average molecular weight is 312 g/mol. The van der Waals surface area contributed by atoms with E-state index in [-0.39, 0.29) is 6.10 Å². The quantitative estimate of drug-likeness (QED) is 0.740. The standard InChI is InChI=1S/C16H16N4O3/c1-10-17-16(23-19-10)14-7-12-9-22-15(8-20(12)18-14)11-3-5-13(21-2)6-4-11/h3-7,15H,8-9H2,1-2H3/t15-/m0/s1. The maximum Gasteiger partial charge on any atom is 0.278 e. The molecule has 0 N–H and O–H groups in total. The molecule has 2 aromatic heterocycles. The lowest BCUT2D eigenvalue weighted by Gasteiger charge is -2.24. The van der Waals surface area contributed by atoms with Crippen LogP contribution in [0.5, 0.6) is 5.75 Å². The topological polar surface area (TPSA) is 75.2 Å². The SMILES string of the molecule is COc1ccc([C@@H]2Cn3nc(-c4nc(C)no4)cc3CO2)cc1. The Morgan fingerprint density at radius 2 is 2.09 bits per heavy atom. The number of ether oxygens (including phenoxy) is 2. The first kappa shape index (κ1) is 14.0. The Labute approximate surface area is 132 Å². The largest absolute Gasteiger partial charge is 0.497 e. The fourth-order valence-corrected chi connectivity index (χ4v) is 2.65. The Morgan fingerprint density at radius 3 is 2.78 bits per heavy atom. The van der Waals surface area contributed by atoms with Crippen LogP contribution in [-0.4, -0.2) is 27.0 Å². The van der Waals surface area contributed by atoms with Crippen LogP contribution in [0.1, 0.15) is 23.2 Å². The second kappa shape index (κ2) is 5.51. The van der Waals surface area contributed by atoms with Gasteiger partial charge >= 0.3 is 0 Å². The molecule has 0 saturated carbocycles. The highest BCUT2D eigenvalue weighted by Gasteiger charge is 2.24. The van der Waals surface area contributed by atoms with Gasteiger partial charge in [-0.1, -0.05) is 17.3 Å². The van der Waals surface area contributed by atoms with Crippen molar-refractivity contribution in [2.45, 2.75) is 26.2 Å². The number of aromatic nitrogens is 4. The van der Waals surface area contributed by atoms with Crippen molar-refractivity contribution in [2.75, 3.05) is 7.11 Å². The third-order valence-electron chi connectivity index (χ3n) is 3.87. The molecule has 1 aromatic carbocycles. The maximum absolute atomic E-state index is 5.95. The van der Waals surface area contributed by atoms with Crippen LogP contribution in [0, 0.1) is 6.92 Å². The van der Waals surface area contributed by atoms with E-state index < -0.39 is 0 Å². The third-order valence-corrected chi connectivity index (χ3v) is 3.87. The van der Waals surface area contributed by atoms with Gasteiger partial charge in [0.05, 0.1) is 26.0 Å². The third kappa shape index (κ3) is 2.59. The highest BCUT2D eigenvalue weighted by molar-refractivity contribution is 5.47. The van der Waals surface area contributed by atoms with Crippen LogP contribution >= 0.6 is 0 Å². The number of fused-ring (bicyclic) bond motifs is 1. The predicted molar refractivity (Wildman–Crippen MR) is 80.8 cm³/mol. The number of methoxy groups -OCH3 is 1. The van der Waals surface area contributed by atoms with Crippen molar-refractivity contribution < 1.29 is 14.0 Å². The van der Waals surface area contributed by atoms with Crippen LogP contribution in [0.3, 0.4) is 0 Å².